The maximum absolute atomic E-state index is 6.28. The van der Waals surface area contributed by atoms with Crippen LogP contribution in [0.5, 0.6) is 0 Å². The summed E-state index contributed by atoms with van der Waals surface area (Å²) < 4.78 is 0. The van der Waals surface area contributed by atoms with Crippen LogP contribution in [0, 0.1) is 5.92 Å². The van der Waals surface area contributed by atoms with E-state index in [4.69, 9.17) is 17.3 Å². The van der Waals surface area contributed by atoms with Crippen molar-refractivity contribution in [2.24, 2.45) is 11.7 Å². The molecule has 0 heterocycles. The van der Waals surface area contributed by atoms with E-state index in [-0.39, 0.29) is 6.04 Å². The molecule has 0 radical (unpaired) electrons. The van der Waals surface area contributed by atoms with Gasteiger partial charge in [-0.3, -0.25) is 0 Å². The largest absolute Gasteiger partial charge is 0.378 e. The van der Waals surface area contributed by atoms with Gasteiger partial charge >= 0.3 is 0 Å². The van der Waals surface area contributed by atoms with Crippen molar-refractivity contribution >= 4 is 17.3 Å². The molecule has 0 amide bonds. The first-order valence-corrected chi connectivity index (χ1v) is 6.52. The van der Waals surface area contributed by atoms with Crippen LogP contribution in [0.1, 0.15) is 38.3 Å². The lowest BCUT2D eigenvalue weighted by molar-refractivity contribution is 0.507. The second-order valence-corrected chi connectivity index (χ2v) is 5.59. The Hall–Kier alpha value is -0.730. The summed E-state index contributed by atoms with van der Waals surface area (Å²) in [6.45, 7) is 4.42. The highest BCUT2D eigenvalue weighted by atomic mass is 35.5. The number of hydrogen-bond acceptors (Lipinski definition) is 2. The van der Waals surface area contributed by atoms with Crippen molar-refractivity contribution in [3.63, 3.8) is 0 Å². The predicted octanol–water partition coefficient (Wildman–Crippen LogP) is 3.84. The van der Waals surface area contributed by atoms with Crippen molar-refractivity contribution in [3.05, 3.63) is 28.8 Å². The van der Waals surface area contributed by atoms with Crippen LogP contribution >= 0.6 is 11.6 Å². The van der Waals surface area contributed by atoms with Gasteiger partial charge in [0, 0.05) is 30.8 Å². The van der Waals surface area contributed by atoms with Gasteiger partial charge in [0.05, 0.1) is 0 Å². The molecular formula is C14H23ClN2. The van der Waals surface area contributed by atoms with E-state index in [1.807, 2.05) is 31.1 Å². The molecule has 1 rings (SSSR count). The fourth-order valence-corrected chi connectivity index (χ4v) is 2.08. The first kappa shape index (κ1) is 14.3. The van der Waals surface area contributed by atoms with E-state index in [2.05, 4.69) is 19.9 Å². The van der Waals surface area contributed by atoms with Crippen molar-refractivity contribution < 1.29 is 0 Å². The third-order valence-corrected chi connectivity index (χ3v) is 3.28. The molecule has 0 saturated carbocycles. The molecule has 2 N–H and O–H groups in total. The summed E-state index contributed by atoms with van der Waals surface area (Å²) in [6.07, 6.45) is 2.12. The van der Waals surface area contributed by atoms with Crippen LogP contribution in [0.2, 0.25) is 5.02 Å². The smallest absolute Gasteiger partial charge is 0.0474 e. The summed E-state index contributed by atoms with van der Waals surface area (Å²) in [5, 5.41) is 0.771. The van der Waals surface area contributed by atoms with Crippen LogP contribution in [0.25, 0.3) is 0 Å². The number of nitrogens with zero attached hydrogens (tertiary/aromatic N) is 1. The number of nitrogens with two attached hydrogens (primary N) is 1. The Labute approximate surface area is 110 Å². The number of rotatable bonds is 5. The van der Waals surface area contributed by atoms with E-state index in [1.54, 1.807) is 0 Å². The van der Waals surface area contributed by atoms with E-state index in [0.29, 0.717) is 5.92 Å². The summed E-state index contributed by atoms with van der Waals surface area (Å²) in [6, 6.07) is 6.13. The molecule has 1 atom stereocenters. The SMILES string of the molecule is CC(C)CC[C@@H](N)c1ccc(N(C)C)cc1Cl. The summed E-state index contributed by atoms with van der Waals surface area (Å²) in [7, 11) is 4.01. The molecule has 0 aliphatic carbocycles. The fraction of sp³-hybridized carbons (Fsp3) is 0.571. The highest BCUT2D eigenvalue weighted by Gasteiger charge is 2.11. The summed E-state index contributed by atoms with van der Waals surface area (Å²) in [4.78, 5) is 2.04. The Morgan fingerprint density at radius 3 is 2.35 bits per heavy atom. The molecule has 0 unspecified atom stereocenters. The number of benzene rings is 1. The minimum Gasteiger partial charge on any atom is -0.378 e. The maximum atomic E-state index is 6.28. The van der Waals surface area contributed by atoms with E-state index < -0.39 is 0 Å². The maximum Gasteiger partial charge on any atom is 0.0474 e. The Balaban J connectivity index is 2.77. The molecule has 0 bridgehead atoms. The molecule has 0 aliphatic rings. The molecule has 0 aliphatic heterocycles. The number of halogens is 1. The Kier molecular flexibility index (Phi) is 5.29. The third-order valence-electron chi connectivity index (χ3n) is 2.95. The van der Waals surface area contributed by atoms with Gasteiger partial charge in [-0.25, -0.2) is 0 Å². The van der Waals surface area contributed by atoms with Gasteiger partial charge in [-0.1, -0.05) is 31.5 Å². The predicted molar refractivity (Wildman–Crippen MR) is 76.8 cm³/mol. The molecule has 2 nitrogen and oxygen atoms in total. The molecular weight excluding hydrogens is 232 g/mol. The molecule has 0 aromatic heterocycles. The molecule has 1 aromatic carbocycles. The average molecular weight is 255 g/mol. The third kappa shape index (κ3) is 4.21. The van der Waals surface area contributed by atoms with Crippen LogP contribution < -0.4 is 10.6 Å². The molecule has 3 heteroatoms. The van der Waals surface area contributed by atoms with Crippen LogP contribution in [0.4, 0.5) is 5.69 Å². The Bertz CT molecular complexity index is 361. The summed E-state index contributed by atoms with van der Waals surface area (Å²) >= 11 is 6.28. The Morgan fingerprint density at radius 1 is 1.24 bits per heavy atom. The zero-order valence-corrected chi connectivity index (χ0v) is 12.0. The van der Waals surface area contributed by atoms with Gasteiger partial charge in [0.25, 0.3) is 0 Å². The normalized spacial score (nSPS) is 12.9. The van der Waals surface area contributed by atoms with Gasteiger partial charge in [0.2, 0.25) is 0 Å². The second kappa shape index (κ2) is 6.27. The molecule has 1 aromatic rings. The van der Waals surface area contributed by atoms with Gasteiger partial charge in [0.15, 0.2) is 0 Å². The lowest BCUT2D eigenvalue weighted by Gasteiger charge is -2.18. The Morgan fingerprint density at radius 2 is 1.88 bits per heavy atom. The second-order valence-electron chi connectivity index (χ2n) is 5.18. The standard InChI is InChI=1S/C14H23ClN2/c1-10(2)5-8-14(16)12-7-6-11(17(3)4)9-13(12)15/h6-7,9-10,14H,5,8,16H2,1-4H3/t14-/m1/s1. The van der Waals surface area contributed by atoms with Crippen LogP contribution in [-0.4, -0.2) is 14.1 Å². The van der Waals surface area contributed by atoms with E-state index in [0.717, 1.165) is 29.1 Å². The quantitative estimate of drug-likeness (QED) is 0.865. The molecule has 0 saturated heterocycles. The van der Waals surface area contributed by atoms with Crippen LogP contribution in [-0.2, 0) is 0 Å². The van der Waals surface area contributed by atoms with Crippen molar-refractivity contribution in [2.45, 2.75) is 32.7 Å². The van der Waals surface area contributed by atoms with Gasteiger partial charge < -0.3 is 10.6 Å². The molecule has 0 spiro atoms. The van der Waals surface area contributed by atoms with Crippen molar-refractivity contribution in [2.75, 3.05) is 19.0 Å². The summed E-state index contributed by atoms with van der Waals surface area (Å²) in [5.41, 5.74) is 8.33. The summed E-state index contributed by atoms with van der Waals surface area (Å²) in [5.74, 6) is 0.681. The number of anilines is 1. The highest BCUT2D eigenvalue weighted by Crippen LogP contribution is 2.29. The lowest BCUT2D eigenvalue weighted by atomic mass is 9.98. The molecule has 0 fully saturated rings. The number of hydrogen-bond donors (Lipinski definition) is 1. The minimum atomic E-state index is 0.0427. The first-order chi connectivity index (χ1) is 7.91. The van der Waals surface area contributed by atoms with Gasteiger partial charge in [-0.15, -0.1) is 0 Å². The van der Waals surface area contributed by atoms with Gasteiger partial charge in [-0.2, -0.15) is 0 Å². The van der Waals surface area contributed by atoms with Crippen molar-refractivity contribution in [1.82, 2.24) is 0 Å². The zero-order chi connectivity index (χ0) is 13.0. The minimum absolute atomic E-state index is 0.0427. The monoisotopic (exact) mass is 254 g/mol. The topological polar surface area (TPSA) is 29.3 Å². The lowest BCUT2D eigenvalue weighted by Crippen LogP contribution is -2.13. The average Bonchev–Trinajstić information content (AvgIpc) is 2.25. The van der Waals surface area contributed by atoms with Crippen LogP contribution in [0.3, 0.4) is 0 Å². The van der Waals surface area contributed by atoms with Crippen molar-refractivity contribution in [3.8, 4) is 0 Å². The first-order valence-electron chi connectivity index (χ1n) is 6.14. The van der Waals surface area contributed by atoms with E-state index in [1.165, 1.54) is 0 Å². The van der Waals surface area contributed by atoms with Gasteiger partial charge in [0.1, 0.15) is 0 Å². The van der Waals surface area contributed by atoms with Crippen LogP contribution in [0.15, 0.2) is 18.2 Å². The van der Waals surface area contributed by atoms with E-state index >= 15 is 0 Å². The fourth-order valence-electron chi connectivity index (χ4n) is 1.76. The van der Waals surface area contributed by atoms with Gasteiger partial charge in [-0.05, 0) is 36.5 Å². The highest BCUT2D eigenvalue weighted by molar-refractivity contribution is 6.31. The van der Waals surface area contributed by atoms with Crippen molar-refractivity contribution in [1.29, 1.82) is 0 Å². The molecule has 17 heavy (non-hydrogen) atoms. The zero-order valence-electron chi connectivity index (χ0n) is 11.2. The van der Waals surface area contributed by atoms with E-state index in [9.17, 15) is 0 Å². The molecule has 96 valence electrons.